The van der Waals surface area contributed by atoms with Crippen LogP contribution in [0.1, 0.15) is 20.8 Å². The van der Waals surface area contributed by atoms with Gasteiger partial charge < -0.3 is 9.15 Å². The normalized spacial score (nSPS) is 18.2. The molecule has 1 atom stereocenters. The number of rotatable bonds is 5. The van der Waals surface area contributed by atoms with Gasteiger partial charge in [-0.3, -0.25) is 9.45 Å². The van der Waals surface area contributed by atoms with Crippen molar-refractivity contribution in [1.29, 1.82) is 0 Å². The van der Waals surface area contributed by atoms with Gasteiger partial charge in [0.2, 0.25) is 0 Å². The van der Waals surface area contributed by atoms with Crippen LogP contribution in [0.5, 0.6) is 0 Å². The zero-order valence-electron chi connectivity index (χ0n) is 15.4. The van der Waals surface area contributed by atoms with Crippen molar-refractivity contribution in [2.24, 2.45) is 5.41 Å². The maximum Gasteiger partial charge on any atom is 0.360 e. The summed E-state index contributed by atoms with van der Waals surface area (Å²) in [5.41, 5.74) is 0.911. The molecule has 0 saturated carbocycles. The summed E-state index contributed by atoms with van der Waals surface area (Å²) in [6.45, 7) is 9.12. The Balaban J connectivity index is 1.95. The van der Waals surface area contributed by atoms with E-state index in [0.29, 0.717) is 24.5 Å². The average molecular weight is 382 g/mol. The second kappa shape index (κ2) is 7.19. The molecule has 0 amide bonds. The van der Waals surface area contributed by atoms with Gasteiger partial charge in [-0.25, -0.2) is 4.31 Å². The van der Waals surface area contributed by atoms with Gasteiger partial charge in [0.15, 0.2) is 0 Å². The van der Waals surface area contributed by atoms with Crippen molar-refractivity contribution >= 4 is 27.0 Å². The Labute approximate surface area is 154 Å². The fourth-order valence-electron chi connectivity index (χ4n) is 3.43. The van der Waals surface area contributed by atoms with Crippen LogP contribution in [0, 0.1) is 5.41 Å². The van der Waals surface area contributed by atoms with Crippen LogP contribution in [-0.4, -0.2) is 56.8 Å². The van der Waals surface area contributed by atoms with Crippen LogP contribution in [0.4, 0.5) is 5.69 Å². The SMILES string of the molecule is CC(C)(C)C(CN(c1ccc2occc2c1)S(=O)(=O)O)N1CCOCC1. The van der Waals surface area contributed by atoms with Crippen molar-refractivity contribution in [3.8, 4) is 0 Å². The summed E-state index contributed by atoms with van der Waals surface area (Å²) in [6, 6.07) is 6.77. The summed E-state index contributed by atoms with van der Waals surface area (Å²) < 4.78 is 46.0. The van der Waals surface area contributed by atoms with Gasteiger partial charge in [0, 0.05) is 24.5 Å². The van der Waals surface area contributed by atoms with Crippen molar-refractivity contribution in [1.82, 2.24) is 4.90 Å². The van der Waals surface area contributed by atoms with Crippen LogP contribution in [-0.2, 0) is 15.0 Å². The van der Waals surface area contributed by atoms with Crippen molar-refractivity contribution in [3.63, 3.8) is 0 Å². The molecule has 144 valence electrons. The second-order valence-corrected chi connectivity index (χ2v) is 9.02. The fraction of sp³-hybridized carbons (Fsp3) is 0.556. The zero-order chi connectivity index (χ0) is 18.9. The lowest BCUT2D eigenvalue weighted by atomic mass is 9.85. The Hall–Kier alpha value is -1.61. The van der Waals surface area contributed by atoms with Gasteiger partial charge in [-0.2, -0.15) is 8.42 Å². The third-order valence-corrected chi connectivity index (χ3v) is 5.74. The molecule has 0 radical (unpaired) electrons. The zero-order valence-corrected chi connectivity index (χ0v) is 16.2. The van der Waals surface area contributed by atoms with E-state index in [1.165, 1.54) is 0 Å². The maximum absolute atomic E-state index is 12.2. The van der Waals surface area contributed by atoms with Crippen molar-refractivity contribution < 1.29 is 22.1 Å². The van der Waals surface area contributed by atoms with Gasteiger partial charge in [0.1, 0.15) is 5.58 Å². The summed E-state index contributed by atoms with van der Waals surface area (Å²) in [6.07, 6.45) is 1.55. The Morgan fingerprint density at radius 1 is 1.23 bits per heavy atom. The minimum absolute atomic E-state index is 0.0756. The first-order chi connectivity index (χ1) is 12.2. The molecule has 0 aliphatic carbocycles. The molecular formula is C18H26N2O5S. The lowest BCUT2D eigenvalue weighted by Crippen LogP contribution is -2.55. The predicted octanol–water partition coefficient (Wildman–Crippen LogP) is 2.79. The number of hydrogen-bond acceptors (Lipinski definition) is 5. The summed E-state index contributed by atoms with van der Waals surface area (Å²) >= 11 is 0. The van der Waals surface area contributed by atoms with E-state index >= 15 is 0 Å². The molecule has 0 spiro atoms. The Morgan fingerprint density at radius 2 is 1.92 bits per heavy atom. The highest BCUT2D eigenvalue weighted by atomic mass is 32.2. The first-order valence-electron chi connectivity index (χ1n) is 8.70. The number of benzene rings is 1. The smallest absolute Gasteiger partial charge is 0.360 e. The number of hydrogen-bond donors (Lipinski definition) is 1. The molecule has 1 aromatic heterocycles. The van der Waals surface area contributed by atoms with Crippen LogP contribution in [0.15, 0.2) is 34.9 Å². The molecule has 1 fully saturated rings. The molecule has 1 aliphatic rings. The maximum atomic E-state index is 12.2. The molecule has 8 heteroatoms. The van der Waals surface area contributed by atoms with Crippen LogP contribution in [0.3, 0.4) is 0 Å². The van der Waals surface area contributed by atoms with E-state index in [0.717, 1.165) is 22.8 Å². The highest BCUT2D eigenvalue weighted by Gasteiger charge is 2.35. The number of furan rings is 1. The first-order valence-corrected chi connectivity index (χ1v) is 10.1. The van der Waals surface area contributed by atoms with E-state index in [9.17, 15) is 13.0 Å². The third kappa shape index (κ3) is 4.20. The molecule has 1 saturated heterocycles. The minimum Gasteiger partial charge on any atom is -0.464 e. The third-order valence-electron chi connectivity index (χ3n) is 4.83. The van der Waals surface area contributed by atoms with Crippen LogP contribution >= 0.6 is 0 Å². The van der Waals surface area contributed by atoms with Crippen molar-refractivity contribution in [2.45, 2.75) is 26.8 Å². The van der Waals surface area contributed by atoms with E-state index in [1.807, 2.05) is 0 Å². The van der Waals surface area contributed by atoms with Gasteiger partial charge in [-0.05, 0) is 29.7 Å². The minimum atomic E-state index is -4.42. The summed E-state index contributed by atoms with van der Waals surface area (Å²) in [7, 11) is -4.42. The highest BCUT2D eigenvalue weighted by Crippen LogP contribution is 2.30. The van der Waals surface area contributed by atoms with E-state index in [4.69, 9.17) is 9.15 Å². The Morgan fingerprint density at radius 3 is 2.54 bits per heavy atom. The van der Waals surface area contributed by atoms with Crippen LogP contribution < -0.4 is 4.31 Å². The summed E-state index contributed by atoms with van der Waals surface area (Å²) in [4.78, 5) is 2.23. The lowest BCUT2D eigenvalue weighted by molar-refractivity contribution is -0.00712. The number of nitrogens with zero attached hydrogens (tertiary/aromatic N) is 2. The predicted molar refractivity (Wildman–Crippen MR) is 101 cm³/mol. The quantitative estimate of drug-likeness (QED) is 0.801. The molecule has 3 rings (SSSR count). The van der Waals surface area contributed by atoms with Gasteiger partial charge in [-0.15, -0.1) is 0 Å². The number of morpholine rings is 1. The van der Waals surface area contributed by atoms with E-state index < -0.39 is 10.3 Å². The molecule has 2 heterocycles. The molecule has 1 unspecified atom stereocenters. The topological polar surface area (TPSA) is 83.2 Å². The number of ether oxygens (including phenoxy) is 1. The average Bonchev–Trinajstić information content (AvgIpc) is 3.01. The van der Waals surface area contributed by atoms with Gasteiger partial charge in [0.05, 0.1) is 31.7 Å². The monoisotopic (exact) mass is 382 g/mol. The number of fused-ring (bicyclic) bond motifs is 1. The molecule has 26 heavy (non-hydrogen) atoms. The lowest BCUT2D eigenvalue weighted by Gasteiger charge is -2.43. The molecule has 1 N–H and O–H groups in total. The fourth-order valence-corrected chi connectivity index (χ4v) is 4.13. The summed E-state index contributed by atoms with van der Waals surface area (Å²) in [5.74, 6) is 0. The first kappa shape index (κ1) is 19.2. The Bertz CT molecular complexity index is 850. The van der Waals surface area contributed by atoms with Crippen molar-refractivity contribution in [2.75, 3.05) is 37.2 Å². The van der Waals surface area contributed by atoms with Crippen molar-refractivity contribution in [3.05, 3.63) is 30.5 Å². The molecule has 7 nitrogen and oxygen atoms in total. The van der Waals surface area contributed by atoms with Gasteiger partial charge >= 0.3 is 10.3 Å². The van der Waals surface area contributed by atoms with Crippen LogP contribution in [0.25, 0.3) is 11.0 Å². The van der Waals surface area contributed by atoms with E-state index in [1.54, 1.807) is 30.5 Å². The molecule has 2 aromatic rings. The number of anilines is 1. The molecule has 1 aliphatic heterocycles. The van der Waals surface area contributed by atoms with E-state index in [2.05, 4.69) is 25.7 Å². The van der Waals surface area contributed by atoms with E-state index in [-0.39, 0.29) is 18.0 Å². The van der Waals surface area contributed by atoms with Crippen LogP contribution in [0.2, 0.25) is 0 Å². The highest BCUT2D eigenvalue weighted by molar-refractivity contribution is 7.87. The van der Waals surface area contributed by atoms with Gasteiger partial charge in [-0.1, -0.05) is 20.8 Å². The van der Waals surface area contributed by atoms with Gasteiger partial charge in [0.25, 0.3) is 0 Å². The standard InChI is InChI=1S/C18H26N2O5S/c1-18(2,3)17(19-7-10-24-11-8-19)13-20(26(21,22)23)15-4-5-16-14(12-15)6-9-25-16/h4-6,9,12,17H,7-8,10-11,13H2,1-3H3,(H,21,22,23). The summed E-state index contributed by atoms with van der Waals surface area (Å²) in [5, 5.41) is 0.787. The molecular weight excluding hydrogens is 356 g/mol. The molecule has 0 bridgehead atoms. The molecule has 1 aromatic carbocycles. The largest absolute Gasteiger partial charge is 0.464 e. The second-order valence-electron chi connectivity index (χ2n) is 7.68. The Kier molecular flexibility index (Phi) is 5.30.